The number of benzene rings is 2. The fourth-order valence-corrected chi connectivity index (χ4v) is 3.28. The Labute approximate surface area is 142 Å². The van der Waals surface area contributed by atoms with Crippen molar-refractivity contribution in [3.8, 4) is 0 Å². The van der Waals surface area contributed by atoms with E-state index in [2.05, 4.69) is 60.6 Å². The maximum absolute atomic E-state index is 12.6. The number of amides is 1. The van der Waals surface area contributed by atoms with Gasteiger partial charge >= 0.3 is 0 Å². The molecule has 1 atom stereocenters. The molecule has 0 aliphatic rings. The third-order valence-electron chi connectivity index (χ3n) is 4.47. The number of carbonyl (C=O) groups excluding carboxylic acids is 1. The van der Waals surface area contributed by atoms with Crippen LogP contribution in [0, 0.1) is 0 Å². The van der Waals surface area contributed by atoms with E-state index >= 15 is 0 Å². The lowest BCUT2D eigenvalue weighted by atomic mass is 9.79. The summed E-state index contributed by atoms with van der Waals surface area (Å²) in [6, 6.07) is 16.1. The average Bonchev–Trinajstić information content (AvgIpc) is 3.03. The van der Waals surface area contributed by atoms with Gasteiger partial charge in [-0.3, -0.25) is 9.89 Å². The molecule has 3 rings (SSSR count). The van der Waals surface area contributed by atoms with Crippen LogP contribution in [0.25, 0.3) is 10.9 Å². The number of aromatic amines is 1. The van der Waals surface area contributed by atoms with E-state index in [1.807, 2.05) is 24.3 Å². The van der Waals surface area contributed by atoms with Crippen LogP contribution >= 0.6 is 0 Å². The molecule has 0 saturated heterocycles. The van der Waals surface area contributed by atoms with E-state index in [-0.39, 0.29) is 17.4 Å². The Morgan fingerprint density at radius 3 is 2.67 bits per heavy atom. The molecule has 0 radical (unpaired) electrons. The second-order valence-corrected chi connectivity index (χ2v) is 6.97. The number of hydrogen-bond donors (Lipinski definition) is 2. The quantitative estimate of drug-likeness (QED) is 0.745. The number of fused-ring (bicyclic) bond motifs is 1. The summed E-state index contributed by atoms with van der Waals surface area (Å²) >= 11 is 0. The van der Waals surface area contributed by atoms with Crippen molar-refractivity contribution < 1.29 is 4.79 Å². The number of hydrogen-bond acceptors (Lipinski definition) is 2. The first-order valence-electron chi connectivity index (χ1n) is 8.26. The van der Waals surface area contributed by atoms with Gasteiger partial charge in [-0.25, -0.2) is 0 Å². The molecular formula is C20H23N3O. The minimum Gasteiger partial charge on any atom is -0.349 e. The van der Waals surface area contributed by atoms with Crippen LogP contribution in [-0.2, 0) is 5.41 Å². The van der Waals surface area contributed by atoms with Gasteiger partial charge in [0.2, 0.25) is 0 Å². The number of para-hydroxylation sites is 1. The Morgan fingerprint density at radius 2 is 1.92 bits per heavy atom. The summed E-state index contributed by atoms with van der Waals surface area (Å²) < 4.78 is 0. The lowest BCUT2D eigenvalue weighted by Crippen LogP contribution is -2.37. The molecule has 4 nitrogen and oxygen atoms in total. The number of nitrogens with zero attached hydrogens (tertiary/aromatic N) is 1. The highest BCUT2D eigenvalue weighted by Gasteiger charge is 2.24. The molecule has 0 bridgehead atoms. The highest BCUT2D eigenvalue weighted by Crippen LogP contribution is 2.28. The minimum atomic E-state index is -0.0683. The summed E-state index contributed by atoms with van der Waals surface area (Å²) in [5.41, 5.74) is 2.69. The Hall–Kier alpha value is -2.62. The zero-order valence-corrected chi connectivity index (χ0v) is 14.3. The predicted molar refractivity (Wildman–Crippen MR) is 97.1 cm³/mol. The van der Waals surface area contributed by atoms with Gasteiger partial charge in [0.1, 0.15) is 0 Å². The number of rotatable bonds is 5. The van der Waals surface area contributed by atoms with E-state index in [0.29, 0.717) is 5.56 Å². The zero-order valence-electron chi connectivity index (χ0n) is 14.3. The van der Waals surface area contributed by atoms with E-state index in [4.69, 9.17) is 0 Å². The normalized spacial score (nSPS) is 13.0. The summed E-state index contributed by atoms with van der Waals surface area (Å²) in [6.07, 6.45) is 2.59. The monoisotopic (exact) mass is 321 g/mol. The summed E-state index contributed by atoms with van der Waals surface area (Å²) in [6.45, 7) is 6.47. The van der Waals surface area contributed by atoms with E-state index < -0.39 is 0 Å². The highest BCUT2D eigenvalue weighted by molar-refractivity contribution is 6.05. The first-order chi connectivity index (χ1) is 11.5. The third-order valence-corrected chi connectivity index (χ3v) is 4.47. The average molecular weight is 321 g/mol. The molecule has 0 aliphatic heterocycles. The van der Waals surface area contributed by atoms with Crippen LogP contribution in [0.4, 0.5) is 0 Å². The standard InChI is InChI=1S/C20H23N3O/c1-14(12-20(2,3)16-9-5-4-6-10-16)22-19(24)17-11-7-8-15-13-21-23-18(15)17/h4-11,13-14H,12H2,1-3H3,(H,21,23)(H,22,24). The highest BCUT2D eigenvalue weighted by atomic mass is 16.1. The van der Waals surface area contributed by atoms with Crippen molar-refractivity contribution in [3.05, 3.63) is 65.9 Å². The molecule has 4 heteroatoms. The molecule has 2 N–H and O–H groups in total. The second-order valence-electron chi connectivity index (χ2n) is 6.97. The fraction of sp³-hybridized carbons (Fsp3) is 0.300. The minimum absolute atomic E-state index is 0.00600. The predicted octanol–water partition coefficient (Wildman–Crippen LogP) is 4.05. The van der Waals surface area contributed by atoms with Crippen molar-refractivity contribution in [1.82, 2.24) is 15.5 Å². The molecule has 124 valence electrons. The molecule has 0 aliphatic carbocycles. The van der Waals surface area contributed by atoms with E-state index in [1.165, 1.54) is 5.56 Å². The van der Waals surface area contributed by atoms with Gasteiger partial charge < -0.3 is 5.32 Å². The first-order valence-corrected chi connectivity index (χ1v) is 8.26. The maximum Gasteiger partial charge on any atom is 0.253 e. The molecule has 1 amide bonds. The van der Waals surface area contributed by atoms with Crippen molar-refractivity contribution in [2.45, 2.75) is 38.6 Å². The number of H-pyrrole nitrogens is 1. The number of aromatic nitrogens is 2. The molecule has 1 aromatic heterocycles. The van der Waals surface area contributed by atoms with Gasteiger partial charge in [-0.1, -0.05) is 56.3 Å². The molecule has 24 heavy (non-hydrogen) atoms. The summed E-state index contributed by atoms with van der Waals surface area (Å²) in [4.78, 5) is 12.6. The molecule has 1 unspecified atom stereocenters. The molecule has 0 fully saturated rings. The topological polar surface area (TPSA) is 57.8 Å². The number of carbonyl (C=O) groups is 1. The Bertz CT molecular complexity index is 836. The smallest absolute Gasteiger partial charge is 0.253 e. The molecule has 1 heterocycles. The van der Waals surface area contributed by atoms with Crippen molar-refractivity contribution in [1.29, 1.82) is 0 Å². The Kier molecular flexibility index (Phi) is 4.38. The molecule has 0 saturated carbocycles. The van der Waals surface area contributed by atoms with Gasteiger partial charge in [0.25, 0.3) is 5.91 Å². The van der Waals surface area contributed by atoms with Crippen LogP contribution in [0.5, 0.6) is 0 Å². The summed E-state index contributed by atoms with van der Waals surface area (Å²) in [5, 5.41) is 11.0. The largest absolute Gasteiger partial charge is 0.349 e. The van der Waals surface area contributed by atoms with Crippen LogP contribution in [0.2, 0.25) is 0 Å². The number of nitrogens with one attached hydrogen (secondary N) is 2. The van der Waals surface area contributed by atoms with E-state index in [9.17, 15) is 4.79 Å². The zero-order chi connectivity index (χ0) is 17.2. The molecule has 2 aromatic carbocycles. The van der Waals surface area contributed by atoms with Gasteiger partial charge in [0.05, 0.1) is 17.3 Å². The summed E-state index contributed by atoms with van der Waals surface area (Å²) in [7, 11) is 0. The third kappa shape index (κ3) is 3.32. The van der Waals surface area contributed by atoms with Crippen molar-refractivity contribution in [2.75, 3.05) is 0 Å². The fourth-order valence-electron chi connectivity index (χ4n) is 3.28. The molecule has 0 spiro atoms. The lowest BCUT2D eigenvalue weighted by molar-refractivity contribution is 0.0936. The van der Waals surface area contributed by atoms with Gasteiger partial charge in [-0.15, -0.1) is 0 Å². The van der Waals surface area contributed by atoms with Crippen LogP contribution in [0.15, 0.2) is 54.7 Å². The summed E-state index contributed by atoms with van der Waals surface area (Å²) in [5.74, 6) is -0.0683. The van der Waals surface area contributed by atoms with Gasteiger partial charge in [-0.2, -0.15) is 5.10 Å². The second kappa shape index (κ2) is 6.48. The van der Waals surface area contributed by atoms with Crippen LogP contribution in [0.1, 0.15) is 43.1 Å². The Balaban J connectivity index is 1.72. The van der Waals surface area contributed by atoms with E-state index in [0.717, 1.165) is 17.3 Å². The SMILES string of the molecule is CC(CC(C)(C)c1ccccc1)NC(=O)c1cccc2cn[nH]c12. The van der Waals surface area contributed by atoms with Crippen molar-refractivity contribution in [3.63, 3.8) is 0 Å². The van der Waals surface area contributed by atoms with Crippen molar-refractivity contribution >= 4 is 16.8 Å². The van der Waals surface area contributed by atoms with E-state index in [1.54, 1.807) is 6.20 Å². The molecular weight excluding hydrogens is 298 g/mol. The molecule has 3 aromatic rings. The van der Waals surface area contributed by atoms with Gasteiger partial charge in [0.15, 0.2) is 0 Å². The first kappa shape index (κ1) is 16.2. The van der Waals surface area contributed by atoms with Gasteiger partial charge in [-0.05, 0) is 30.4 Å². The van der Waals surface area contributed by atoms with Crippen LogP contribution in [-0.4, -0.2) is 22.1 Å². The van der Waals surface area contributed by atoms with Crippen molar-refractivity contribution in [2.24, 2.45) is 0 Å². The van der Waals surface area contributed by atoms with Gasteiger partial charge in [0, 0.05) is 11.4 Å². The van der Waals surface area contributed by atoms with Crippen LogP contribution < -0.4 is 5.32 Å². The maximum atomic E-state index is 12.6. The Morgan fingerprint density at radius 1 is 1.17 bits per heavy atom. The lowest BCUT2D eigenvalue weighted by Gasteiger charge is -2.29. The van der Waals surface area contributed by atoms with Crippen LogP contribution in [0.3, 0.4) is 0 Å².